The molecule has 0 aliphatic heterocycles. The molecule has 0 saturated heterocycles. The number of rotatable bonds is 4. The van der Waals surface area contributed by atoms with Crippen molar-refractivity contribution in [1.82, 2.24) is 4.98 Å². The van der Waals surface area contributed by atoms with Crippen molar-refractivity contribution in [3.05, 3.63) is 59.7 Å². The Labute approximate surface area is 138 Å². The summed E-state index contributed by atoms with van der Waals surface area (Å²) in [5, 5.41) is 5.36. The minimum atomic E-state index is -4.71. The number of hydrogen-bond donors (Lipinski definition) is 1. The molecule has 0 aliphatic rings. The summed E-state index contributed by atoms with van der Waals surface area (Å²) < 4.78 is 53.1. The topological polar surface area (TPSA) is 34.1 Å². The minimum absolute atomic E-state index is 0.292. The highest BCUT2D eigenvalue weighted by Gasteiger charge is 2.30. The Balaban J connectivity index is 1.69. The average Bonchev–Trinajstić information content (AvgIpc) is 2.97. The Morgan fingerprint density at radius 1 is 0.958 bits per heavy atom. The molecule has 0 amide bonds. The number of alkyl halides is 3. The lowest BCUT2D eigenvalue weighted by Crippen LogP contribution is -2.16. The van der Waals surface area contributed by atoms with E-state index in [1.54, 1.807) is 17.5 Å². The molecule has 8 heteroatoms. The molecule has 3 rings (SSSR count). The SMILES string of the molecule is Fc1ccc(-c2csc(Nc3ccc(OC(F)(F)F)cc3)n2)cc1. The van der Waals surface area contributed by atoms with Crippen molar-refractivity contribution < 1.29 is 22.3 Å². The zero-order chi connectivity index (χ0) is 17.2. The number of ether oxygens (including phenoxy) is 1. The Kier molecular flexibility index (Phi) is 4.39. The highest BCUT2D eigenvalue weighted by Crippen LogP contribution is 2.29. The molecular formula is C16H10F4N2OS. The third-order valence-corrected chi connectivity index (χ3v) is 3.74. The monoisotopic (exact) mass is 354 g/mol. The summed E-state index contributed by atoms with van der Waals surface area (Å²) in [5.74, 6) is -0.618. The summed E-state index contributed by atoms with van der Waals surface area (Å²) in [5.41, 5.74) is 2.03. The van der Waals surface area contributed by atoms with Crippen molar-refractivity contribution >= 4 is 22.2 Å². The second-order valence-corrected chi connectivity index (χ2v) is 5.60. The fraction of sp³-hybridized carbons (Fsp3) is 0.0625. The van der Waals surface area contributed by atoms with Gasteiger partial charge >= 0.3 is 6.36 Å². The van der Waals surface area contributed by atoms with Crippen LogP contribution in [0.25, 0.3) is 11.3 Å². The lowest BCUT2D eigenvalue weighted by molar-refractivity contribution is -0.274. The van der Waals surface area contributed by atoms with Crippen LogP contribution in [0.2, 0.25) is 0 Å². The van der Waals surface area contributed by atoms with Crippen LogP contribution in [-0.2, 0) is 0 Å². The summed E-state index contributed by atoms with van der Waals surface area (Å²) in [4.78, 5) is 4.36. The first-order valence-corrected chi connectivity index (χ1v) is 7.61. The molecule has 1 N–H and O–H groups in total. The van der Waals surface area contributed by atoms with Crippen molar-refractivity contribution in [2.45, 2.75) is 6.36 Å². The van der Waals surface area contributed by atoms with Crippen LogP contribution >= 0.6 is 11.3 Å². The number of benzene rings is 2. The zero-order valence-electron chi connectivity index (χ0n) is 12.0. The van der Waals surface area contributed by atoms with Gasteiger partial charge in [-0.25, -0.2) is 9.37 Å². The smallest absolute Gasteiger partial charge is 0.406 e. The van der Waals surface area contributed by atoms with E-state index in [9.17, 15) is 17.6 Å². The fourth-order valence-corrected chi connectivity index (χ4v) is 2.69. The van der Waals surface area contributed by atoms with Crippen molar-refractivity contribution in [1.29, 1.82) is 0 Å². The van der Waals surface area contributed by atoms with Gasteiger partial charge in [0.2, 0.25) is 0 Å². The molecule has 0 aliphatic carbocycles. The maximum absolute atomic E-state index is 12.9. The fourth-order valence-electron chi connectivity index (χ4n) is 1.95. The maximum Gasteiger partial charge on any atom is 0.573 e. The Morgan fingerprint density at radius 3 is 2.25 bits per heavy atom. The maximum atomic E-state index is 12.9. The van der Waals surface area contributed by atoms with Gasteiger partial charge in [-0.1, -0.05) is 0 Å². The van der Waals surface area contributed by atoms with Crippen LogP contribution in [-0.4, -0.2) is 11.3 Å². The lowest BCUT2D eigenvalue weighted by atomic mass is 10.2. The second-order valence-electron chi connectivity index (χ2n) is 4.74. The van der Waals surface area contributed by atoms with Gasteiger partial charge in [-0.15, -0.1) is 24.5 Å². The lowest BCUT2D eigenvalue weighted by Gasteiger charge is -2.09. The Morgan fingerprint density at radius 2 is 1.62 bits per heavy atom. The van der Waals surface area contributed by atoms with Gasteiger partial charge in [0.1, 0.15) is 11.6 Å². The molecular weight excluding hydrogens is 344 g/mol. The van der Waals surface area contributed by atoms with Gasteiger partial charge in [0.05, 0.1) is 5.69 Å². The average molecular weight is 354 g/mol. The number of thiazole rings is 1. The van der Waals surface area contributed by atoms with Gasteiger partial charge in [0.25, 0.3) is 0 Å². The molecule has 1 aromatic heterocycles. The van der Waals surface area contributed by atoms with Crippen LogP contribution < -0.4 is 10.1 Å². The molecule has 0 atom stereocenters. The third-order valence-electron chi connectivity index (χ3n) is 2.98. The standard InChI is InChI=1S/C16H10F4N2OS/c17-11-3-1-10(2-4-11)14-9-24-15(22-14)21-12-5-7-13(8-6-12)23-16(18,19)20/h1-9H,(H,21,22). The molecule has 0 saturated carbocycles. The van der Waals surface area contributed by atoms with Gasteiger partial charge in [0.15, 0.2) is 5.13 Å². The van der Waals surface area contributed by atoms with E-state index in [-0.39, 0.29) is 11.6 Å². The first-order chi connectivity index (χ1) is 11.4. The van der Waals surface area contributed by atoms with E-state index in [4.69, 9.17) is 0 Å². The highest BCUT2D eigenvalue weighted by atomic mass is 32.1. The summed E-state index contributed by atoms with van der Waals surface area (Å²) in [6.07, 6.45) is -4.71. The molecule has 0 unspecified atom stereocenters. The van der Waals surface area contributed by atoms with E-state index in [0.717, 1.165) is 5.56 Å². The predicted molar refractivity (Wildman–Crippen MR) is 83.9 cm³/mol. The van der Waals surface area contributed by atoms with Crippen LogP contribution in [0.1, 0.15) is 0 Å². The molecule has 1 heterocycles. The number of halogens is 4. The van der Waals surface area contributed by atoms with Gasteiger partial charge in [-0.3, -0.25) is 0 Å². The van der Waals surface area contributed by atoms with Crippen LogP contribution in [0.15, 0.2) is 53.9 Å². The van der Waals surface area contributed by atoms with Crippen LogP contribution in [0.3, 0.4) is 0 Å². The third kappa shape index (κ3) is 4.23. The molecule has 2 aromatic carbocycles. The number of nitrogens with zero attached hydrogens (tertiary/aromatic N) is 1. The van der Waals surface area contributed by atoms with Crippen molar-refractivity contribution in [2.75, 3.05) is 5.32 Å². The number of aromatic nitrogens is 1. The first-order valence-electron chi connectivity index (χ1n) is 6.73. The zero-order valence-corrected chi connectivity index (χ0v) is 12.8. The second kappa shape index (κ2) is 6.48. The van der Waals surface area contributed by atoms with Crippen LogP contribution in [0.5, 0.6) is 5.75 Å². The molecule has 0 spiro atoms. The van der Waals surface area contributed by atoms with E-state index in [2.05, 4.69) is 15.0 Å². The summed E-state index contributed by atoms with van der Waals surface area (Å²) >= 11 is 1.33. The van der Waals surface area contributed by atoms with Gasteiger partial charge < -0.3 is 10.1 Å². The Hall–Kier alpha value is -2.61. The van der Waals surface area contributed by atoms with E-state index < -0.39 is 6.36 Å². The normalized spacial score (nSPS) is 11.3. The minimum Gasteiger partial charge on any atom is -0.406 e. The molecule has 3 nitrogen and oxygen atoms in total. The summed E-state index contributed by atoms with van der Waals surface area (Å²) in [7, 11) is 0. The predicted octanol–water partition coefficient (Wildman–Crippen LogP) is 5.59. The summed E-state index contributed by atoms with van der Waals surface area (Å²) in [6, 6.07) is 11.3. The summed E-state index contributed by atoms with van der Waals surface area (Å²) in [6.45, 7) is 0. The van der Waals surface area contributed by atoms with Crippen molar-refractivity contribution in [3.8, 4) is 17.0 Å². The number of hydrogen-bond acceptors (Lipinski definition) is 4. The molecule has 0 bridgehead atoms. The van der Waals surface area contributed by atoms with Crippen molar-refractivity contribution in [2.24, 2.45) is 0 Å². The van der Waals surface area contributed by atoms with E-state index in [0.29, 0.717) is 16.5 Å². The quantitative estimate of drug-likeness (QED) is 0.620. The Bertz CT molecular complexity index is 813. The molecule has 0 fully saturated rings. The van der Waals surface area contributed by atoms with E-state index in [1.807, 2.05) is 0 Å². The van der Waals surface area contributed by atoms with Gasteiger partial charge in [-0.2, -0.15) is 0 Å². The number of anilines is 2. The largest absolute Gasteiger partial charge is 0.573 e. The highest BCUT2D eigenvalue weighted by molar-refractivity contribution is 7.14. The molecule has 0 radical (unpaired) electrons. The van der Waals surface area contributed by atoms with Crippen molar-refractivity contribution in [3.63, 3.8) is 0 Å². The number of nitrogens with one attached hydrogen (secondary N) is 1. The van der Waals surface area contributed by atoms with E-state index >= 15 is 0 Å². The van der Waals surface area contributed by atoms with Gasteiger partial charge in [-0.05, 0) is 48.5 Å². The van der Waals surface area contributed by atoms with E-state index in [1.165, 1.54) is 47.7 Å². The molecule has 24 heavy (non-hydrogen) atoms. The molecule has 124 valence electrons. The molecule has 3 aromatic rings. The van der Waals surface area contributed by atoms with Gasteiger partial charge in [0, 0.05) is 16.6 Å². The first kappa shape index (κ1) is 16.3. The van der Waals surface area contributed by atoms with Crippen LogP contribution in [0, 0.1) is 5.82 Å². The van der Waals surface area contributed by atoms with Crippen LogP contribution in [0.4, 0.5) is 28.4 Å².